The van der Waals surface area contributed by atoms with Crippen molar-refractivity contribution < 1.29 is 5.76 Å². The van der Waals surface area contributed by atoms with E-state index in [0.717, 1.165) is 79.6 Å². The summed E-state index contributed by atoms with van der Waals surface area (Å²) in [5.74, 6) is 2.46. The number of hydrogen-bond donors (Lipinski definition) is 0. The first-order chi connectivity index (χ1) is 34.1. The van der Waals surface area contributed by atoms with E-state index in [4.69, 9.17) is 33.1 Å². The number of benzene rings is 2. The van der Waals surface area contributed by atoms with Crippen LogP contribution in [0, 0.1) is 11.8 Å². The molecule has 4 fully saturated rings. The number of pyridine rings is 2. The van der Waals surface area contributed by atoms with Gasteiger partial charge in [-0.05, 0) is 118 Å². The van der Waals surface area contributed by atoms with Gasteiger partial charge in [0.05, 0.1) is 58.1 Å². The molecule has 4 aliphatic carbocycles. The maximum Gasteiger partial charge on any atom is 0.281 e. The molecule has 70 heavy (non-hydrogen) atoms. The molecule has 14 nitrogen and oxygen atoms in total. The van der Waals surface area contributed by atoms with Crippen molar-refractivity contribution in [3.63, 3.8) is 0 Å². The molecule has 356 valence electrons. The normalized spacial score (nSPS) is 15.7. The van der Waals surface area contributed by atoms with Gasteiger partial charge in [0.2, 0.25) is 0 Å². The Kier molecular flexibility index (Phi) is 11.3. The van der Waals surface area contributed by atoms with E-state index >= 15 is 0 Å². The molecule has 4 aliphatic rings. The van der Waals surface area contributed by atoms with Crippen molar-refractivity contribution in [2.75, 3.05) is 7.15 Å². The lowest BCUT2D eigenvalue weighted by Crippen LogP contribution is -2.24. The van der Waals surface area contributed by atoms with Gasteiger partial charge >= 0.3 is 0 Å². The summed E-state index contributed by atoms with van der Waals surface area (Å²) in [6.07, 6.45) is 21.3. The van der Waals surface area contributed by atoms with Gasteiger partial charge in [0.25, 0.3) is 11.1 Å². The molecule has 0 aliphatic heterocycles. The van der Waals surface area contributed by atoms with E-state index in [0.29, 0.717) is 51.0 Å². The number of aryl methyl sites for hydroxylation is 2. The standard InChI is InChI=1S/C26H23ClN6O.C26H24N6O.CH3F.CH4/c1-31-13-18-10-19(7-9-22(18)29-31)33-26(34)23(17-6-8-21(28-11-17)16-4-5-16)25-24(30-33)20(27)14-32(25)12-15-2-3-15;1-30-15-19-12-20(7-9-22(19)28-30)32-26(33)24(18-6-8-21(27-13-18)17-4-5-17)25-23(29-32)10-11-31(25)14-16-2-3-16;1-2;/h6-11,13-16H,2-5,12H2,1H3;6-13,15-17H,2-5,14H2,1H3;1H3;1H4/i;;1D;. The smallest absolute Gasteiger partial charge is 0.281 e. The van der Waals surface area contributed by atoms with Crippen molar-refractivity contribution in [2.45, 2.75) is 83.7 Å². The predicted molar refractivity (Wildman–Crippen MR) is 274 cm³/mol. The van der Waals surface area contributed by atoms with Crippen LogP contribution in [0.1, 0.15) is 83.4 Å². The average Bonchev–Trinajstić information content (AvgIpc) is 4.16. The van der Waals surface area contributed by atoms with Crippen LogP contribution in [0.5, 0.6) is 0 Å². The number of fused-ring (bicyclic) bond motifs is 4. The van der Waals surface area contributed by atoms with Gasteiger partial charge in [-0.2, -0.15) is 29.8 Å². The van der Waals surface area contributed by atoms with Crippen LogP contribution in [0.25, 0.3) is 77.5 Å². The Morgan fingerprint density at radius 2 is 1.11 bits per heavy atom. The second-order valence-corrected chi connectivity index (χ2v) is 19.6. The maximum absolute atomic E-state index is 14.0. The third kappa shape index (κ3) is 8.50. The minimum absolute atomic E-state index is 0. The lowest BCUT2D eigenvalue weighted by Gasteiger charge is -2.13. The van der Waals surface area contributed by atoms with E-state index in [9.17, 15) is 14.0 Å². The van der Waals surface area contributed by atoms with Crippen molar-refractivity contribution in [2.24, 2.45) is 25.9 Å². The van der Waals surface area contributed by atoms with E-state index in [1.807, 2.05) is 93.6 Å². The van der Waals surface area contributed by atoms with Gasteiger partial charge in [-0.1, -0.05) is 31.2 Å². The largest absolute Gasteiger partial charge is 0.345 e. The van der Waals surface area contributed by atoms with Gasteiger partial charge in [-0.3, -0.25) is 33.3 Å². The quantitative estimate of drug-likeness (QED) is 0.132. The summed E-state index contributed by atoms with van der Waals surface area (Å²) >= 11 is 6.70. The van der Waals surface area contributed by atoms with E-state index in [1.165, 1.54) is 60.7 Å². The highest BCUT2D eigenvalue weighted by molar-refractivity contribution is 6.35. The summed E-state index contributed by atoms with van der Waals surface area (Å²) < 4.78 is 26.4. The molecule has 14 rings (SSSR count). The molecule has 0 bridgehead atoms. The van der Waals surface area contributed by atoms with Crippen LogP contribution in [0.15, 0.2) is 114 Å². The zero-order valence-electron chi connectivity index (χ0n) is 39.3. The van der Waals surface area contributed by atoms with E-state index in [1.54, 1.807) is 9.36 Å². The highest BCUT2D eigenvalue weighted by atomic mass is 35.5. The Bertz CT molecular complexity index is 3740. The summed E-state index contributed by atoms with van der Waals surface area (Å²) in [6.45, 7) is 1.77. The Morgan fingerprint density at radius 1 is 0.614 bits per heavy atom. The molecule has 8 heterocycles. The van der Waals surface area contributed by atoms with Gasteiger partial charge in [0.1, 0.15) is 11.0 Å². The minimum Gasteiger partial charge on any atom is -0.345 e. The van der Waals surface area contributed by atoms with Crippen LogP contribution in [-0.2, 0) is 27.2 Å². The van der Waals surface area contributed by atoms with Crippen LogP contribution in [0.2, 0.25) is 5.02 Å². The maximum atomic E-state index is 14.0. The van der Waals surface area contributed by atoms with E-state index in [2.05, 4.69) is 43.7 Å². The molecule has 0 amide bonds. The molecule has 0 unspecified atom stereocenters. The van der Waals surface area contributed by atoms with Crippen LogP contribution in [0.3, 0.4) is 0 Å². The van der Waals surface area contributed by atoms with Crippen molar-refractivity contribution in [3.8, 4) is 33.6 Å². The van der Waals surface area contributed by atoms with Crippen LogP contribution < -0.4 is 11.1 Å². The molecule has 0 spiro atoms. The summed E-state index contributed by atoms with van der Waals surface area (Å²) in [6, 6.07) is 21.8. The number of alkyl halides is 1. The summed E-state index contributed by atoms with van der Waals surface area (Å²) in [5.41, 5.74) is 11.2. The topological polar surface area (TPSA) is 141 Å². The Morgan fingerprint density at radius 3 is 1.60 bits per heavy atom. The molecule has 8 aromatic heterocycles. The fraction of sp³-hybridized carbons (Fsp3) is 0.333. The number of hydrogen-bond acceptors (Lipinski definition) is 8. The number of nitrogens with zero attached hydrogens (tertiary/aromatic N) is 12. The first kappa shape index (κ1) is 44.0. The zero-order chi connectivity index (χ0) is 47.8. The van der Waals surface area contributed by atoms with Crippen LogP contribution in [-0.4, -0.2) is 65.4 Å². The third-order valence-electron chi connectivity index (χ3n) is 13.8. The predicted octanol–water partition coefficient (Wildman–Crippen LogP) is 10.7. The number of halogens is 2. The molecule has 0 atom stereocenters. The first-order valence-electron chi connectivity index (χ1n) is 24.4. The third-order valence-corrected chi connectivity index (χ3v) is 14.1. The molecule has 0 N–H and O–H groups in total. The van der Waals surface area contributed by atoms with E-state index < -0.39 is 7.15 Å². The van der Waals surface area contributed by atoms with Gasteiger partial charge in [-0.25, -0.2) is 0 Å². The molecular formula is C54H54ClFN12O2. The summed E-state index contributed by atoms with van der Waals surface area (Å²) in [5, 5.41) is 20.9. The molecular weight excluding hydrogens is 903 g/mol. The Balaban J connectivity index is 0.000000144. The number of aromatic nitrogens is 12. The van der Waals surface area contributed by atoms with E-state index in [-0.39, 0.29) is 18.5 Å². The van der Waals surface area contributed by atoms with Gasteiger partial charge in [0, 0.05) is 109 Å². The fourth-order valence-corrected chi connectivity index (χ4v) is 9.85. The highest BCUT2D eigenvalue weighted by Crippen LogP contribution is 2.41. The lowest BCUT2D eigenvalue weighted by atomic mass is 10.1. The monoisotopic (exact) mass is 957 g/mol. The van der Waals surface area contributed by atoms with Gasteiger partial charge in [-0.15, -0.1) is 0 Å². The van der Waals surface area contributed by atoms with Crippen molar-refractivity contribution in [1.82, 2.24) is 58.2 Å². The lowest BCUT2D eigenvalue weighted by molar-refractivity contribution is 0.636. The van der Waals surface area contributed by atoms with Crippen molar-refractivity contribution in [3.05, 3.63) is 141 Å². The van der Waals surface area contributed by atoms with Gasteiger partial charge in [0.15, 0.2) is 0 Å². The highest BCUT2D eigenvalue weighted by Gasteiger charge is 2.30. The Labute approximate surface area is 409 Å². The van der Waals surface area contributed by atoms with Crippen molar-refractivity contribution in [1.29, 1.82) is 0 Å². The zero-order valence-corrected chi connectivity index (χ0v) is 39.1. The molecule has 16 heteroatoms. The second-order valence-electron chi connectivity index (χ2n) is 19.2. The fourth-order valence-electron chi connectivity index (χ4n) is 9.60. The molecule has 0 saturated heterocycles. The second kappa shape index (κ2) is 17.9. The molecule has 4 saturated carbocycles. The molecule has 2 aromatic carbocycles. The SMILES string of the molecule is C.Cn1cc2cc(-n3nc4c(Cl)cn(CC5CC5)c4c(-c4ccc(C5CC5)nc4)c3=O)ccc2n1.Cn1cc2cc(-n3nc4ccn(CC5CC5)c4c(-c4ccc(C5CC5)nc4)c3=O)ccc2n1.[2H]CF. The van der Waals surface area contributed by atoms with Crippen LogP contribution >= 0.6 is 11.6 Å². The molecule has 0 radical (unpaired) electrons. The summed E-state index contributed by atoms with van der Waals surface area (Å²) in [7, 11) is 2.78. The van der Waals surface area contributed by atoms with Crippen molar-refractivity contribution >= 4 is 55.5 Å². The average molecular weight is 959 g/mol. The van der Waals surface area contributed by atoms with Crippen LogP contribution in [0.4, 0.5) is 4.39 Å². The molecule has 10 aromatic rings. The first-order valence-corrected chi connectivity index (χ1v) is 24.1. The number of rotatable bonds is 10. The Hall–Kier alpha value is -7.26. The minimum atomic E-state index is -1.00. The van der Waals surface area contributed by atoms with Gasteiger partial charge < -0.3 is 9.13 Å². The summed E-state index contributed by atoms with van der Waals surface area (Å²) in [4.78, 5) is 37.4.